The second-order valence-electron chi connectivity index (χ2n) is 4.64. The van der Waals surface area contributed by atoms with E-state index in [1.54, 1.807) is 11.3 Å². The number of aryl methyl sites for hydroxylation is 2. The van der Waals surface area contributed by atoms with Crippen LogP contribution in [0, 0.1) is 19.8 Å². The Labute approximate surface area is 105 Å². The number of nitrogens with zero attached hydrogens (tertiary/aromatic N) is 2. The molecule has 1 fully saturated rings. The standard InChI is InChI=1S/C12H18N2O2S/c1-8-9(2)17-11(13-8)7-14-5-3-10(4-6-14)12(15)16/h10H,3-7H2,1-2H3,(H,15,16). The number of aromatic nitrogens is 1. The van der Waals surface area contributed by atoms with Crippen LogP contribution in [0.3, 0.4) is 0 Å². The van der Waals surface area contributed by atoms with Crippen LogP contribution in [0.1, 0.15) is 28.4 Å². The van der Waals surface area contributed by atoms with Crippen molar-refractivity contribution in [2.75, 3.05) is 13.1 Å². The van der Waals surface area contributed by atoms with Gasteiger partial charge in [-0.3, -0.25) is 9.69 Å². The Hall–Kier alpha value is -0.940. The van der Waals surface area contributed by atoms with Crippen LogP contribution < -0.4 is 0 Å². The van der Waals surface area contributed by atoms with Gasteiger partial charge in [0.2, 0.25) is 0 Å². The Morgan fingerprint density at radius 2 is 2.12 bits per heavy atom. The highest BCUT2D eigenvalue weighted by atomic mass is 32.1. The van der Waals surface area contributed by atoms with Crippen molar-refractivity contribution in [3.05, 3.63) is 15.6 Å². The first-order chi connectivity index (χ1) is 8.06. The maximum Gasteiger partial charge on any atom is 0.306 e. The van der Waals surface area contributed by atoms with Crippen LogP contribution in [0.25, 0.3) is 0 Å². The molecule has 17 heavy (non-hydrogen) atoms. The summed E-state index contributed by atoms with van der Waals surface area (Å²) in [4.78, 5) is 18.9. The van der Waals surface area contributed by atoms with Gasteiger partial charge in [0, 0.05) is 4.88 Å². The molecule has 4 nitrogen and oxygen atoms in total. The van der Waals surface area contributed by atoms with Crippen molar-refractivity contribution in [1.82, 2.24) is 9.88 Å². The van der Waals surface area contributed by atoms with E-state index in [1.807, 2.05) is 6.92 Å². The Morgan fingerprint density at radius 3 is 2.59 bits per heavy atom. The molecule has 2 heterocycles. The number of thiazole rings is 1. The zero-order valence-corrected chi connectivity index (χ0v) is 11.1. The first-order valence-electron chi connectivity index (χ1n) is 5.94. The fraction of sp³-hybridized carbons (Fsp3) is 0.667. The van der Waals surface area contributed by atoms with Gasteiger partial charge in [-0.1, -0.05) is 0 Å². The molecule has 0 unspecified atom stereocenters. The molecular formula is C12H18N2O2S. The highest BCUT2D eigenvalue weighted by molar-refractivity contribution is 7.11. The van der Waals surface area contributed by atoms with Crippen molar-refractivity contribution < 1.29 is 9.90 Å². The minimum absolute atomic E-state index is 0.147. The highest BCUT2D eigenvalue weighted by Gasteiger charge is 2.24. The molecule has 0 saturated carbocycles. The van der Waals surface area contributed by atoms with Crippen LogP contribution in [0.4, 0.5) is 0 Å². The highest BCUT2D eigenvalue weighted by Crippen LogP contribution is 2.22. The monoisotopic (exact) mass is 254 g/mol. The van der Waals surface area contributed by atoms with Gasteiger partial charge in [0.25, 0.3) is 0 Å². The summed E-state index contributed by atoms with van der Waals surface area (Å²) in [6, 6.07) is 0. The average molecular weight is 254 g/mol. The Bertz CT molecular complexity index is 389. The number of carboxylic acids is 1. The number of aliphatic carboxylic acids is 1. The van der Waals surface area contributed by atoms with Crippen molar-refractivity contribution in [2.45, 2.75) is 33.2 Å². The minimum atomic E-state index is -0.648. The second-order valence-corrected chi connectivity index (χ2v) is 5.93. The predicted molar refractivity (Wildman–Crippen MR) is 67.2 cm³/mol. The number of hydrogen-bond acceptors (Lipinski definition) is 4. The molecule has 0 aliphatic carbocycles. The van der Waals surface area contributed by atoms with Crippen LogP contribution in [0.5, 0.6) is 0 Å². The summed E-state index contributed by atoms with van der Waals surface area (Å²) >= 11 is 1.75. The van der Waals surface area contributed by atoms with Crippen molar-refractivity contribution in [2.24, 2.45) is 5.92 Å². The van der Waals surface area contributed by atoms with E-state index in [2.05, 4.69) is 16.8 Å². The molecule has 0 aromatic carbocycles. The van der Waals surface area contributed by atoms with Gasteiger partial charge in [0.1, 0.15) is 5.01 Å². The Balaban J connectivity index is 1.88. The van der Waals surface area contributed by atoms with Gasteiger partial charge in [-0.2, -0.15) is 0 Å². The summed E-state index contributed by atoms with van der Waals surface area (Å²) in [6.07, 6.45) is 1.53. The molecule has 1 aliphatic rings. The van der Waals surface area contributed by atoms with Crippen LogP contribution in [0.15, 0.2) is 0 Å². The van der Waals surface area contributed by atoms with Crippen molar-refractivity contribution >= 4 is 17.3 Å². The van der Waals surface area contributed by atoms with Crippen molar-refractivity contribution in [3.8, 4) is 0 Å². The summed E-state index contributed by atoms with van der Waals surface area (Å²) in [6.45, 7) is 6.73. The van der Waals surface area contributed by atoms with E-state index in [-0.39, 0.29) is 5.92 Å². The van der Waals surface area contributed by atoms with Crippen LogP contribution >= 0.6 is 11.3 Å². The molecule has 94 valence electrons. The first kappa shape index (κ1) is 12.5. The van der Waals surface area contributed by atoms with Gasteiger partial charge in [-0.25, -0.2) is 4.98 Å². The Kier molecular flexibility index (Phi) is 3.79. The van der Waals surface area contributed by atoms with Gasteiger partial charge in [-0.15, -0.1) is 11.3 Å². The molecule has 0 spiro atoms. The molecule has 1 aromatic rings. The minimum Gasteiger partial charge on any atom is -0.481 e. The van der Waals surface area contributed by atoms with Crippen LogP contribution in [-0.4, -0.2) is 34.0 Å². The van der Waals surface area contributed by atoms with E-state index in [0.717, 1.165) is 43.2 Å². The molecule has 1 aromatic heterocycles. The van der Waals surface area contributed by atoms with Gasteiger partial charge >= 0.3 is 5.97 Å². The first-order valence-corrected chi connectivity index (χ1v) is 6.76. The summed E-state index contributed by atoms with van der Waals surface area (Å²) in [5, 5.41) is 10.1. The number of hydrogen-bond donors (Lipinski definition) is 1. The lowest BCUT2D eigenvalue weighted by Crippen LogP contribution is -2.35. The van der Waals surface area contributed by atoms with Gasteiger partial charge in [0.15, 0.2) is 0 Å². The zero-order valence-electron chi connectivity index (χ0n) is 10.3. The number of carbonyl (C=O) groups is 1. The molecule has 0 bridgehead atoms. The van der Waals surface area contributed by atoms with Crippen molar-refractivity contribution in [1.29, 1.82) is 0 Å². The van der Waals surface area contributed by atoms with E-state index < -0.39 is 5.97 Å². The van der Waals surface area contributed by atoms with Gasteiger partial charge in [-0.05, 0) is 39.8 Å². The van der Waals surface area contributed by atoms with E-state index >= 15 is 0 Å². The van der Waals surface area contributed by atoms with Crippen LogP contribution in [0.2, 0.25) is 0 Å². The normalized spacial score (nSPS) is 18.5. The lowest BCUT2D eigenvalue weighted by atomic mass is 9.97. The van der Waals surface area contributed by atoms with Crippen LogP contribution in [-0.2, 0) is 11.3 Å². The second kappa shape index (κ2) is 5.14. The number of piperidine rings is 1. The molecule has 2 rings (SSSR count). The number of rotatable bonds is 3. The topological polar surface area (TPSA) is 53.4 Å². The Morgan fingerprint density at radius 1 is 1.47 bits per heavy atom. The lowest BCUT2D eigenvalue weighted by Gasteiger charge is -2.29. The quantitative estimate of drug-likeness (QED) is 0.897. The molecule has 0 radical (unpaired) electrons. The van der Waals surface area contributed by atoms with Gasteiger partial charge < -0.3 is 5.11 Å². The zero-order chi connectivity index (χ0) is 12.4. The molecule has 0 atom stereocenters. The molecule has 5 heteroatoms. The van der Waals surface area contributed by atoms with E-state index in [9.17, 15) is 4.79 Å². The largest absolute Gasteiger partial charge is 0.481 e. The summed E-state index contributed by atoms with van der Waals surface area (Å²) < 4.78 is 0. The molecule has 1 aliphatic heterocycles. The molecular weight excluding hydrogens is 236 g/mol. The lowest BCUT2D eigenvalue weighted by molar-refractivity contribution is -0.143. The average Bonchev–Trinajstić information content (AvgIpc) is 2.58. The van der Waals surface area contributed by atoms with E-state index in [0.29, 0.717) is 0 Å². The van der Waals surface area contributed by atoms with Gasteiger partial charge in [0.05, 0.1) is 18.2 Å². The predicted octanol–water partition coefficient (Wildman–Crippen LogP) is 2.06. The molecule has 1 N–H and O–H groups in total. The maximum atomic E-state index is 10.8. The van der Waals surface area contributed by atoms with E-state index in [4.69, 9.17) is 5.11 Å². The molecule has 1 saturated heterocycles. The third kappa shape index (κ3) is 3.04. The summed E-state index contributed by atoms with van der Waals surface area (Å²) in [7, 11) is 0. The fourth-order valence-corrected chi connectivity index (χ4v) is 3.11. The smallest absolute Gasteiger partial charge is 0.306 e. The number of likely N-dealkylation sites (tertiary alicyclic amines) is 1. The SMILES string of the molecule is Cc1nc(CN2CCC(C(=O)O)CC2)sc1C. The maximum absolute atomic E-state index is 10.8. The third-order valence-electron chi connectivity index (χ3n) is 3.37. The summed E-state index contributed by atoms with van der Waals surface area (Å²) in [5.41, 5.74) is 1.12. The fourth-order valence-electron chi connectivity index (χ4n) is 2.14. The van der Waals surface area contributed by atoms with Crippen molar-refractivity contribution in [3.63, 3.8) is 0 Å². The number of carboxylic acid groups (broad SMARTS) is 1. The van der Waals surface area contributed by atoms with E-state index in [1.165, 1.54) is 4.88 Å². The summed E-state index contributed by atoms with van der Waals surface area (Å²) in [5.74, 6) is -0.795. The molecule has 0 amide bonds. The third-order valence-corrected chi connectivity index (χ3v) is 4.43.